The maximum atomic E-state index is 14.3. The Balaban J connectivity index is 1.55. The lowest BCUT2D eigenvalue weighted by atomic mass is 9.75. The van der Waals surface area contributed by atoms with Crippen molar-refractivity contribution >= 4 is 46.8 Å². The highest BCUT2D eigenvalue weighted by atomic mass is 35.5. The summed E-state index contributed by atoms with van der Waals surface area (Å²) < 4.78 is 3.94. The Hall–Kier alpha value is -2.29. The zero-order valence-corrected chi connectivity index (χ0v) is 21.8. The van der Waals surface area contributed by atoms with Gasteiger partial charge in [0.15, 0.2) is 0 Å². The van der Waals surface area contributed by atoms with E-state index in [9.17, 15) is 14.4 Å². The predicted octanol–water partition coefficient (Wildman–Crippen LogP) is 3.60. The minimum absolute atomic E-state index is 0.141. The number of anilines is 1. The van der Waals surface area contributed by atoms with Crippen molar-refractivity contribution in [3.8, 4) is 0 Å². The summed E-state index contributed by atoms with van der Waals surface area (Å²) >= 11 is 7.64. The molecule has 0 bridgehead atoms. The number of aliphatic hydroxyl groups is 1. The third-order valence-corrected chi connectivity index (χ3v) is 9.81. The van der Waals surface area contributed by atoms with E-state index in [0.29, 0.717) is 30.2 Å². The molecule has 4 heterocycles. The van der Waals surface area contributed by atoms with Crippen molar-refractivity contribution in [1.29, 1.82) is 0 Å². The number of nitrogens with zero attached hydrogens (tertiary/aromatic N) is 2. The van der Waals surface area contributed by atoms with Crippen LogP contribution in [0.15, 0.2) is 48.6 Å². The number of unbranched alkanes of at least 4 members (excludes halogenated alkanes) is 3. The number of fused-ring (bicyclic) bond motifs is 2. The van der Waals surface area contributed by atoms with Crippen molar-refractivity contribution in [1.82, 2.24) is 4.90 Å². The van der Waals surface area contributed by atoms with Crippen molar-refractivity contribution in [2.24, 2.45) is 11.8 Å². The molecule has 0 radical (unpaired) electrons. The highest BCUT2D eigenvalue weighted by Gasteiger charge is 2.74. The van der Waals surface area contributed by atoms with Gasteiger partial charge in [0.2, 0.25) is 5.91 Å². The summed E-state index contributed by atoms with van der Waals surface area (Å²) in [6, 6.07) is 6.39. The second-order valence-electron chi connectivity index (χ2n) is 10.0. The molecule has 1 aromatic rings. The Morgan fingerprint density at radius 3 is 2.53 bits per heavy atom. The number of aliphatic hydroxyl groups excluding tert-OH is 1. The Labute approximate surface area is 220 Å². The average molecular weight is 531 g/mol. The number of benzene rings is 1. The van der Waals surface area contributed by atoms with Gasteiger partial charge in [0, 0.05) is 35.2 Å². The van der Waals surface area contributed by atoms with Crippen molar-refractivity contribution < 1.29 is 24.2 Å². The Bertz CT molecular complexity index is 1110. The van der Waals surface area contributed by atoms with Gasteiger partial charge in [-0.25, -0.2) is 0 Å². The number of esters is 1. The largest absolute Gasteiger partial charge is 0.461 e. The average Bonchev–Trinajstić information content (AvgIpc) is 3.10. The molecular formula is C27H31ClN2O5S. The maximum Gasteiger partial charge on any atom is 0.311 e. The van der Waals surface area contributed by atoms with E-state index in [0.717, 1.165) is 19.3 Å². The van der Waals surface area contributed by atoms with Crippen LogP contribution < -0.4 is 4.90 Å². The molecule has 192 valence electrons. The first-order valence-electron chi connectivity index (χ1n) is 12.5. The minimum atomic E-state index is -0.874. The quantitative estimate of drug-likeness (QED) is 0.329. The van der Waals surface area contributed by atoms with Gasteiger partial charge in [0.1, 0.15) is 12.6 Å². The fourth-order valence-corrected chi connectivity index (χ4v) is 8.47. The predicted molar refractivity (Wildman–Crippen MR) is 140 cm³/mol. The smallest absolute Gasteiger partial charge is 0.311 e. The monoisotopic (exact) mass is 530 g/mol. The second-order valence-corrected chi connectivity index (χ2v) is 12.3. The molecule has 36 heavy (non-hydrogen) atoms. The number of halogens is 1. The van der Waals surface area contributed by atoms with Crippen LogP contribution in [0.4, 0.5) is 5.69 Å². The molecule has 1 unspecified atom stereocenters. The fourth-order valence-electron chi connectivity index (χ4n) is 6.20. The van der Waals surface area contributed by atoms with Crippen LogP contribution >= 0.6 is 23.4 Å². The molecule has 2 fully saturated rings. The first-order valence-corrected chi connectivity index (χ1v) is 13.7. The SMILES string of the molecule is C[C@]12C=CCOC(=O)[C@H]1[C@H]1C(=O)N(CCCCCCO)C3C(=O)N(c4ccc(Cl)cc4)CC=C[C@@]31S2. The van der Waals surface area contributed by atoms with E-state index < -0.39 is 27.4 Å². The number of hydrogen-bond donors (Lipinski definition) is 1. The maximum absolute atomic E-state index is 14.3. The molecule has 2 amide bonds. The number of carbonyl (C=O) groups excluding carboxylic acids is 3. The Morgan fingerprint density at radius 1 is 1.03 bits per heavy atom. The van der Waals surface area contributed by atoms with E-state index in [-0.39, 0.29) is 31.0 Å². The van der Waals surface area contributed by atoms with Crippen LogP contribution in [0, 0.1) is 11.8 Å². The van der Waals surface area contributed by atoms with Gasteiger partial charge in [-0.05, 0) is 50.1 Å². The molecule has 9 heteroatoms. The molecule has 5 rings (SSSR count). The van der Waals surface area contributed by atoms with E-state index >= 15 is 0 Å². The van der Waals surface area contributed by atoms with Gasteiger partial charge in [-0.15, -0.1) is 11.8 Å². The molecule has 0 saturated carbocycles. The molecule has 1 aromatic carbocycles. The van der Waals surface area contributed by atoms with Crippen LogP contribution in [-0.2, 0) is 19.1 Å². The summed E-state index contributed by atoms with van der Waals surface area (Å²) in [5, 5.41) is 9.68. The molecule has 1 N–H and O–H groups in total. The number of amides is 2. The molecule has 2 saturated heterocycles. The first kappa shape index (κ1) is 25.4. The van der Waals surface area contributed by atoms with Crippen molar-refractivity contribution in [2.45, 2.75) is 48.1 Å². The number of carbonyl (C=O) groups is 3. The number of hydrogen-bond acceptors (Lipinski definition) is 6. The van der Waals surface area contributed by atoms with Crippen LogP contribution in [0.3, 0.4) is 0 Å². The van der Waals surface area contributed by atoms with Gasteiger partial charge in [0.05, 0.1) is 16.6 Å². The highest BCUT2D eigenvalue weighted by Crippen LogP contribution is 2.65. The van der Waals surface area contributed by atoms with E-state index in [1.165, 1.54) is 0 Å². The summed E-state index contributed by atoms with van der Waals surface area (Å²) in [6.45, 7) is 3.10. The molecule has 4 aliphatic rings. The summed E-state index contributed by atoms with van der Waals surface area (Å²) in [4.78, 5) is 45.0. The van der Waals surface area contributed by atoms with Crippen molar-refractivity contribution in [3.05, 3.63) is 53.6 Å². The van der Waals surface area contributed by atoms with Gasteiger partial charge < -0.3 is 19.6 Å². The number of cyclic esters (lactones) is 1. The third-order valence-electron chi connectivity index (χ3n) is 7.76. The van der Waals surface area contributed by atoms with Crippen LogP contribution in [-0.4, -0.2) is 69.6 Å². The van der Waals surface area contributed by atoms with E-state index in [4.69, 9.17) is 21.4 Å². The lowest BCUT2D eigenvalue weighted by molar-refractivity contribution is -0.152. The highest BCUT2D eigenvalue weighted by molar-refractivity contribution is 8.02. The molecule has 7 nitrogen and oxygen atoms in total. The number of ether oxygens (including phenoxy) is 1. The van der Waals surface area contributed by atoms with Gasteiger partial charge in [-0.1, -0.05) is 42.7 Å². The van der Waals surface area contributed by atoms with Gasteiger partial charge in [-0.2, -0.15) is 0 Å². The van der Waals surface area contributed by atoms with E-state index in [1.54, 1.807) is 33.7 Å². The van der Waals surface area contributed by atoms with Gasteiger partial charge in [-0.3, -0.25) is 14.4 Å². The normalized spacial score (nSPS) is 33.2. The molecule has 5 atom stereocenters. The standard InChI is InChI=1S/C27H31ClN2O5S/c1-26-12-7-17-35-25(34)21(26)20-23(32)30(14-4-2-3-5-16-31)22-24(33)29(15-6-13-27(20,22)36-26)19-10-8-18(28)9-11-19/h6-13,20-22,31H,2-5,14-17H2,1H3/t20-,21+,22?,26-,27-/m0/s1. The Morgan fingerprint density at radius 2 is 1.78 bits per heavy atom. The molecule has 0 aliphatic carbocycles. The summed E-state index contributed by atoms with van der Waals surface area (Å²) in [5.41, 5.74) is 0.715. The number of thioether (sulfide) groups is 1. The molecule has 0 aromatic heterocycles. The van der Waals surface area contributed by atoms with Crippen LogP contribution in [0.25, 0.3) is 0 Å². The minimum Gasteiger partial charge on any atom is -0.461 e. The van der Waals surface area contributed by atoms with Crippen LogP contribution in [0.2, 0.25) is 5.02 Å². The lowest BCUT2D eigenvalue weighted by Crippen LogP contribution is -2.53. The fraction of sp³-hybridized carbons (Fsp3) is 0.519. The number of likely N-dealkylation sites (tertiary alicyclic amines) is 1. The zero-order valence-electron chi connectivity index (χ0n) is 20.3. The summed E-state index contributed by atoms with van der Waals surface area (Å²) in [7, 11) is 0. The number of rotatable bonds is 7. The third kappa shape index (κ3) is 4.07. The van der Waals surface area contributed by atoms with Crippen molar-refractivity contribution in [3.63, 3.8) is 0 Å². The second kappa shape index (κ2) is 9.88. The van der Waals surface area contributed by atoms with E-state index in [2.05, 4.69) is 0 Å². The van der Waals surface area contributed by atoms with Gasteiger partial charge in [0.25, 0.3) is 5.91 Å². The molecule has 4 aliphatic heterocycles. The van der Waals surface area contributed by atoms with Crippen molar-refractivity contribution in [2.75, 3.05) is 31.2 Å². The lowest BCUT2D eigenvalue weighted by Gasteiger charge is -2.36. The summed E-state index contributed by atoms with van der Waals surface area (Å²) in [5.74, 6) is -2.05. The topological polar surface area (TPSA) is 87.1 Å². The molecule has 1 spiro atoms. The molecular weight excluding hydrogens is 500 g/mol. The first-order chi connectivity index (χ1) is 17.3. The summed E-state index contributed by atoms with van der Waals surface area (Å²) in [6.07, 6.45) is 10.9. The van der Waals surface area contributed by atoms with Crippen LogP contribution in [0.1, 0.15) is 32.6 Å². The Kier molecular flexibility index (Phi) is 6.96. The van der Waals surface area contributed by atoms with E-state index in [1.807, 2.05) is 43.4 Å². The van der Waals surface area contributed by atoms with Crippen LogP contribution in [0.5, 0.6) is 0 Å². The zero-order chi connectivity index (χ0) is 25.5. The van der Waals surface area contributed by atoms with Gasteiger partial charge >= 0.3 is 5.97 Å².